The predicted molar refractivity (Wildman–Crippen MR) is 120 cm³/mol. The standard InChI is InChI=1S/C23H21N5O2S/c1-23(2,3)20-13-31-22(24-20)19-11-16-10-17(7-8-18(16)30-19)29-12-14-5-4-6-15(9-14)21-25-27-28-26-21/h4-11,13H,12H2,1-3H3,(H,25,26,27,28). The van der Waals surface area contributed by atoms with Crippen molar-refractivity contribution in [1.82, 2.24) is 25.6 Å². The van der Waals surface area contributed by atoms with Gasteiger partial charge in [0.2, 0.25) is 5.82 Å². The van der Waals surface area contributed by atoms with Crippen LogP contribution in [-0.2, 0) is 12.0 Å². The maximum Gasteiger partial charge on any atom is 0.204 e. The molecule has 1 N–H and O–H groups in total. The maximum atomic E-state index is 6.02. The lowest BCUT2D eigenvalue weighted by Crippen LogP contribution is -2.11. The molecule has 8 heteroatoms. The third-order valence-electron chi connectivity index (χ3n) is 4.91. The zero-order valence-electron chi connectivity index (χ0n) is 17.4. The number of tetrazole rings is 1. The Bertz CT molecular complexity index is 1330. The van der Waals surface area contributed by atoms with Crippen molar-refractivity contribution in [2.45, 2.75) is 32.8 Å². The van der Waals surface area contributed by atoms with Gasteiger partial charge in [-0.25, -0.2) is 4.98 Å². The first-order valence-electron chi connectivity index (χ1n) is 9.91. The summed E-state index contributed by atoms with van der Waals surface area (Å²) in [6.45, 7) is 6.91. The number of ether oxygens (including phenoxy) is 1. The summed E-state index contributed by atoms with van der Waals surface area (Å²) < 4.78 is 12.0. The number of nitrogens with zero attached hydrogens (tertiary/aromatic N) is 4. The summed E-state index contributed by atoms with van der Waals surface area (Å²) in [6.07, 6.45) is 0. The van der Waals surface area contributed by atoms with Gasteiger partial charge in [-0.2, -0.15) is 5.21 Å². The first-order chi connectivity index (χ1) is 15.0. The molecule has 0 fully saturated rings. The number of H-pyrrole nitrogens is 1. The van der Waals surface area contributed by atoms with Crippen molar-refractivity contribution in [1.29, 1.82) is 0 Å². The Labute approximate surface area is 183 Å². The molecule has 5 aromatic rings. The summed E-state index contributed by atoms with van der Waals surface area (Å²) in [5, 5.41) is 18.1. The van der Waals surface area contributed by atoms with Gasteiger partial charge in [0.25, 0.3) is 0 Å². The van der Waals surface area contributed by atoms with Crippen molar-refractivity contribution in [2.24, 2.45) is 0 Å². The molecule has 156 valence electrons. The highest BCUT2D eigenvalue weighted by atomic mass is 32.1. The molecule has 0 aliphatic rings. The highest BCUT2D eigenvalue weighted by molar-refractivity contribution is 7.13. The predicted octanol–water partition coefficient (Wildman–Crippen LogP) is 5.61. The van der Waals surface area contributed by atoms with Crippen LogP contribution in [-0.4, -0.2) is 25.6 Å². The van der Waals surface area contributed by atoms with Crippen molar-refractivity contribution in [3.05, 3.63) is 65.2 Å². The second kappa shape index (κ2) is 7.63. The highest BCUT2D eigenvalue weighted by Crippen LogP contribution is 2.34. The number of furan rings is 1. The molecule has 0 spiro atoms. The molecule has 3 aromatic heterocycles. The smallest absolute Gasteiger partial charge is 0.204 e. The van der Waals surface area contributed by atoms with E-state index in [1.807, 2.05) is 48.5 Å². The van der Waals surface area contributed by atoms with Crippen molar-refractivity contribution >= 4 is 22.3 Å². The van der Waals surface area contributed by atoms with E-state index in [-0.39, 0.29) is 5.41 Å². The lowest BCUT2D eigenvalue weighted by atomic mass is 9.93. The third-order valence-corrected chi connectivity index (χ3v) is 5.76. The van der Waals surface area contributed by atoms with Crippen molar-refractivity contribution < 1.29 is 9.15 Å². The van der Waals surface area contributed by atoms with Gasteiger partial charge >= 0.3 is 0 Å². The molecule has 0 atom stereocenters. The van der Waals surface area contributed by atoms with Gasteiger partial charge in [0.15, 0.2) is 10.8 Å². The van der Waals surface area contributed by atoms with Crippen LogP contribution in [0.1, 0.15) is 32.0 Å². The van der Waals surface area contributed by atoms with Crippen LogP contribution >= 0.6 is 11.3 Å². The van der Waals surface area contributed by atoms with Gasteiger partial charge in [0, 0.05) is 21.7 Å². The molecule has 2 aromatic carbocycles. The van der Waals surface area contributed by atoms with Crippen molar-refractivity contribution in [3.63, 3.8) is 0 Å². The van der Waals surface area contributed by atoms with E-state index in [9.17, 15) is 0 Å². The monoisotopic (exact) mass is 431 g/mol. The number of thiazole rings is 1. The van der Waals surface area contributed by atoms with Gasteiger partial charge < -0.3 is 9.15 Å². The van der Waals surface area contributed by atoms with E-state index in [2.05, 4.69) is 46.8 Å². The SMILES string of the molecule is CC(C)(C)c1csc(-c2cc3cc(OCc4cccc(-c5nn[nH]n5)c4)ccc3o2)n1. The zero-order chi connectivity index (χ0) is 21.4. The molecule has 0 radical (unpaired) electrons. The molecule has 0 amide bonds. The number of fused-ring (bicyclic) bond motifs is 1. The van der Waals surface area contributed by atoms with E-state index >= 15 is 0 Å². The van der Waals surface area contributed by atoms with Crippen LogP contribution in [0.15, 0.2) is 58.3 Å². The molecule has 0 saturated heterocycles. The van der Waals surface area contributed by atoms with Crippen LogP contribution in [0.4, 0.5) is 0 Å². The molecule has 0 aliphatic carbocycles. The summed E-state index contributed by atoms with van der Waals surface area (Å²) >= 11 is 1.60. The summed E-state index contributed by atoms with van der Waals surface area (Å²) in [7, 11) is 0. The number of rotatable bonds is 5. The Morgan fingerprint density at radius 3 is 2.77 bits per heavy atom. The maximum absolute atomic E-state index is 6.02. The molecule has 3 heterocycles. The minimum atomic E-state index is 0.0167. The number of aromatic nitrogens is 5. The fraction of sp³-hybridized carbons (Fsp3) is 0.217. The quantitative estimate of drug-likeness (QED) is 0.389. The topological polar surface area (TPSA) is 89.7 Å². The molecular formula is C23H21N5O2S. The minimum absolute atomic E-state index is 0.0167. The Hall–Kier alpha value is -3.52. The van der Waals surface area contributed by atoms with Gasteiger partial charge in [-0.1, -0.05) is 39.0 Å². The van der Waals surface area contributed by atoms with Crippen LogP contribution in [0.25, 0.3) is 33.1 Å². The molecular weight excluding hydrogens is 410 g/mol. The molecule has 0 aliphatic heterocycles. The lowest BCUT2D eigenvalue weighted by molar-refractivity contribution is 0.306. The summed E-state index contributed by atoms with van der Waals surface area (Å²) in [5.41, 5.74) is 3.81. The first kappa shape index (κ1) is 19.4. The number of hydrogen-bond donors (Lipinski definition) is 1. The van der Waals surface area contributed by atoms with Gasteiger partial charge in [0.1, 0.15) is 17.9 Å². The minimum Gasteiger partial charge on any atom is -0.489 e. The van der Waals surface area contributed by atoms with E-state index in [1.165, 1.54) is 0 Å². The second-order valence-corrected chi connectivity index (χ2v) is 9.18. The number of benzene rings is 2. The average Bonchev–Trinajstić information content (AvgIpc) is 3.51. The van der Waals surface area contributed by atoms with Gasteiger partial charge in [-0.05, 0) is 41.1 Å². The average molecular weight is 432 g/mol. The molecule has 0 unspecified atom stereocenters. The van der Waals surface area contributed by atoms with E-state index < -0.39 is 0 Å². The Morgan fingerprint density at radius 2 is 2.00 bits per heavy atom. The summed E-state index contributed by atoms with van der Waals surface area (Å²) in [6, 6.07) is 15.8. The van der Waals surface area contributed by atoms with Gasteiger partial charge in [0.05, 0.1) is 5.69 Å². The summed E-state index contributed by atoms with van der Waals surface area (Å²) in [5.74, 6) is 2.12. The number of nitrogens with one attached hydrogen (secondary N) is 1. The van der Waals surface area contributed by atoms with E-state index in [4.69, 9.17) is 14.1 Å². The van der Waals surface area contributed by atoms with E-state index in [1.54, 1.807) is 11.3 Å². The zero-order valence-corrected chi connectivity index (χ0v) is 18.2. The molecule has 31 heavy (non-hydrogen) atoms. The highest BCUT2D eigenvalue weighted by Gasteiger charge is 2.19. The van der Waals surface area contributed by atoms with E-state index in [0.29, 0.717) is 12.4 Å². The fourth-order valence-electron chi connectivity index (χ4n) is 3.20. The first-order valence-corrected chi connectivity index (χ1v) is 10.8. The molecule has 0 bridgehead atoms. The fourth-order valence-corrected chi connectivity index (χ4v) is 4.20. The van der Waals surface area contributed by atoms with Crippen LogP contribution in [0.5, 0.6) is 5.75 Å². The largest absolute Gasteiger partial charge is 0.489 e. The van der Waals surface area contributed by atoms with Gasteiger partial charge in [-0.15, -0.1) is 21.5 Å². The number of aromatic amines is 1. The Balaban J connectivity index is 1.34. The van der Waals surface area contributed by atoms with Crippen LogP contribution < -0.4 is 4.74 Å². The van der Waals surface area contributed by atoms with Crippen molar-refractivity contribution in [3.8, 4) is 27.9 Å². The van der Waals surface area contributed by atoms with Crippen LogP contribution in [0, 0.1) is 0 Å². The molecule has 0 saturated carbocycles. The second-order valence-electron chi connectivity index (χ2n) is 8.32. The van der Waals surface area contributed by atoms with Crippen LogP contribution in [0.2, 0.25) is 0 Å². The summed E-state index contributed by atoms with van der Waals surface area (Å²) in [4.78, 5) is 4.75. The molecule has 7 nitrogen and oxygen atoms in total. The van der Waals surface area contributed by atoms with Gasteiger partial charge in [-0.3, -0.25) is 0 Å². The Morgan fingerprint density at radius 1 is 1.10 bits per heavy atom. The normalized spacial score (nSPS) is 11.8. The van der Waals surface area contributed by atoms with Crippen LogP contribution in [0.3, 0.4) is 0 Å². The molecule has 5 rings (SSSR count). The Kier molecular flexibility index (Phi) is 4.78. The number of hydrogen-bond acceptors (Lipinski definition) is 7. The lowest BCUT2D eigenvalue weighted by Gasteiger charge is -2.13. The van der Waals surface area contributed by atoms with E-state index in [0.717, 1.165) is 44.3 Å². The third kappa shape index (κ3) is 4.06. The van der Waals surface area contributed by atoms with Crippen molar-refractivity contribution in [2.75, 3.05) is 0 Å².